The van der Waals surface area contributed by atoms with E-state index >= 15 is 0 Å². The van der Waals surface area contributed by atoms with E-state index in [0.717, 1.165) is 28.1 Å². The summed E-state index contributed by atoms with van der Waals surface area (Å²) in [6.07, 6.45) is 0. The zero-order valence-corrected chi connectivity index (χ0v) is 19.3. The lowest BCUT2D eigenvalue weighted by Gasteiger charge is -2.13. The van der Waals surface area contributed by atoms with Crippen LogP contribution in [0.3, 0.4) is 0 Å². The number of nitrogens with zero attached hydrogens (tertiary/aromatic N) is 3. The number of nitrogens with one attached hydrogen (secondary N) is 1. The molecule has 8 heteroatoms. The summed E-state index contributed by atoms with van der Waals surface area (Å²) in [5.41, 5.74) is 4.25. The molecule has 1 N–H and O–H groups in total. The highest BCUT2D eigenvalue weighted by atomic mass is 32.2. The molecule has 1 aromatic heterocycles. The van der Waals surface area contributed by atoms with E-state index in [-0.39, 0.29) is 12.7 Å². The van der Waals surface area contributed by atoms with Crippen LogP contribution in [0.25, 0.3) is 22.5 Å². The summed E-state index contributed by atoms with van der Waals surface area (Å²) in [6, 6.07) is 25.4. The molecular weight excluding hydrogens is 448 g/mol. The van der Waals surface area contributed by atoms with Gasteiger partial charge in [0.15, 0.2) is 11.5 Å². The molecule has 1 aliphatic heterocycles. The lowest BCUT2D eigenvalue weighted by atomic mass is 10.0. The molecule has 34 heavy (non-hydrogen) atoms. The summed E-state index contributed by atoms with van der Waals surface area (Å²) in [7, 11) is 0. The normalized spacial score (nSPS) is 12.9. The monoisotopic (exact) mass is 470 g/mol. The highest BCUT2D eigenvalue weighted by Gasteiger charge is 2.20. The molecule has 0 spiro atoms. The molecule has 1 atom stereocenters. The fourth-order valence-corrected chi connectivity index (χ4v) is 4.28. The first-order valence-corrected chi connectivity index (χ1v) is 11.7. The predicted octanol–water partition coefficient (Wildman–Crippen LogP) is 4.73. The average molecular weight is 471 g/mol. The van der Waals surface area contributed by atoms with Gasteiger partial charge in [-0.15, -0.1) is 10.2 Å². The van der Waals surface area contributed by atoms with Crippen molar-refractivity contribution in [2.75, 3.05) is 6.79 Å². The molecule has 0 unspecified atom stereocenters. The third-order valence-corrected chi connectivity index (χ3v) is 6.27. The molecule has 2 heterocycles. The van der Waals surface area contributed by atoms with Gasteiger partial charge in [0.05, 0.1) is 5.25 Å². The molecule has 0 fully saturated rings. The van der Waals surface area contributed by atoms with Crippen molar-refractivity contribution in [1.82, 2.24) is 20.5 Å². The Morgan fingerprint density at radius 2 is 1.59 bits per heavy atom. The van der Waals surface area contributed by atoms with Crippen molar-refractivity contribution < 1.29 is 14.3 Å². The molecule has 0 bridgehead atoms. The van der Waals surface area contributed by atoms with E-state index in [0.29, 0.717) is 23.1 Å². The fourth-order valence-electron chi connectivity index (χ4n) is 3.54. The Hall–Kier alpha value is -3.91. The molecule has 3 aromatic carbocycles. The number of rotatable bonds is 7. The maximum atomic E-state index is 12.7. The molecule has 0 radical (unpaired) electrons. The lowest BCUT2D eigenvalue weighted by Crippen LogP contribution is -2.30. The minimum atomic E-state index is -0.401. The van der Waals surface area contributed by atoms with Gasteiger partial charge in [0.25, 0.3) is 0 Å². The van der Waals surface area contributed by atoms with Crippen molar-refractivity contribution in [3.63, 3.8) is 0 Å². The van der Waals surface area contributed by atoms with Crippen molar-refractivity contribution in [3.8, 4) is 34.0 Å². The Kier molecular flexibility index (Phi) is 6.40. The number of fused-ring (bicyclic) bond motifs is 1. The highest BCUT2D eigenvalue weighted by molar-refractivity contribution is 8.00. The minimum Gasteiger partial charge on any atom is -0.454 e. The number of carbonyl (C=O) groups is 1. The van der Waals surface area contributed by atoms with Gasteiger partial charge in [-0.25, -0.2) is 4.98 Å². The van der Waals surface area contributed by atoms with Gasteiger partial charge in [-0.3, -0.25) is 4.79 Å². The SMILES string of the molecule is C[C@@H](Sc1nnc(-c2ccccc2)c(-c2ccccc2)n1)C(=O)NCc1ccc2c(c1)OCO2. The number of benzene rings is 3. The first kappa shape index (κ1) is 21.9. The number of hydrogen-bond donors (Lipinski definition) is 1. The second-order valence-corrected chi connectivity index (χ2v) is 9.00. The molecule has 1 amide bonds. The Bertz CT molecular complexity index is 1300. The summed E-state index contributed by atoms with van der Waals surface area (Å²) < 4.78 is 10.7. The number of thioether (sulfide) groups is 1. The van der Waals surface area contributed by atoms with E-state index in [4.69, 9.17) is 14.5 Å². The maximum Gasteiger partial charge on any atom is 0.233 e. The maximum absolute atomic E-state index is 12.7. The van der Waals surface area contributed by atoms with E-state index in [1.165, 1.54) is 11.8 Å². The van der Waals surface area contributed by atoms with Crippen LogP contribution in [0.15, 0.2) is 84.0 Å². The largest absolute Gasteiger partial charge is 0.454 e. The molecule has 1 aliphatic rings. The van der Waals surface area contributed by atoms with Crippen LogP contribution < -0.4 is 14.8 Å². The van der Waals surface area contributed by atoms with Gasteiger partial charge in [-0.1, -0.05) is 78.5 Å². The predicted molar refractivity (Wildman–Crippen MR) is 130 cm³/mol. The standard InChI is InChI=1S/C26H22N4O3S/c1-17(25(31)27-15-18-12-13-21-22(14-18)33-16-32-21)34-26-28-23(19-8-4-2-5-9-19)24(29-30-26)20-10-6-3-7-11-20/h2-14,17H,15-16H2,1H3,(H,27,31)/t17-/m1/s1. The van der Waals surface area contributed by atoms with Crippen LogP contribution in [-0.4, -0.2) is 33.1 Å². The van der Waals surface area contributed by atoms with Gasteiger partial charge in [-0.2, -0.15) is 0 Å². The molecule has 0 saturated heterocycles. The Balaban J connectivity index is 1.31. The Morgan fingerprint density at radius 1 is 0.912 bits per heavy atom. The molecular formula is C26H22N4O3S. The van der Waals surface area contributed by atoms with Gasteiger partial charge in [0, 0.05) is 17.7 Å². The van der Waals surface area contributed by atoms with Crippen molar-refractivity contribution in [2.24, 2.45) is 0 Å². The van der Waals surface area contributed by atoms with E-state index in [1.54, 1.807) is 0 Å². The van der Waals surface area contributed by atoms with E-state index < -0.39 is 5.25 Å². The molecule has 0 aliphatic carbocycles. The number of amides is 1. The number of hydrogen-bond acceptors (Lipinski definition) is 7. The highest BCUT2D eigenvalue weighted by Crippen LogP contribution is 2.33. The summed E-state index contributed by atoms with van der Waals surface area (Å²) >= 11 is 1.28. The zero-order chi connectivity index (χ0) is 23.3. The summed E-state index contributed by atoms with van der Waals surface area (Å²) in [5, 5.41) is 11.8. The van der Waals surface area contributed by atoms with Crippen LogP contribution in [-0.2, 0) is 11.3 Å². The summed E-state index contributed by atoms with van der Waals surface area (Å²) in [6.45, 7) is 2.44. The van der Waals surface area contributed by atoms with Crippen LogP contribution in [0, 0.1) is 0 Å². The van der Waals surface area contributed by atoms with Crippen LogP contribution in [0.2, 0.25) is 0 Å². The molecule has 0 saturated carbocycles. The number of aromatic nitrogens is 3. The zero-order valence-electron chi connectivity index (χ0n) is 18.5. The van der Waals surface area contributed by atoms with Crippen LogP contribution in [0.1, 0.15) is 12.5 Å². The second kappa shape index (κ2) is 9.93. The number of ether oxygens (including phenoxy) is 2. The van der Waals surface area contributed by atoms with Gasteiger partial charge < -0.3 is 14.8 Å². The topological polar surface area (TPSA) is 86.2 Å². The van der Waals surface area contributed by atoms with Gasteiger partial charge in [0.1, 0.15) is 11.4 Å². The quantitative estimate of drug-likeness (QED) is 0.391. The van der Waals surface area contributed by atoms with Gasteiger partial charge in [0.2, 0.25) is 17.9 Å². The third kappa shape index (κ3) is 4.87. The molecule has 4 aromatic rings. The number of carbonyl (C=O) groups excluding carboxylic acids is 1. The second-order valence-electron chi connectivity index (χ2n) is 7.69. The third-order valence-electron chi connectivity index (χ3n) is 5.32. The summed E-state index contributed by atoms with van der Waals surface area (Å²) in [5.74, 6) is 1.30. The van der Waals surface area contributed by atoms with Crippen LogP contribution in [0.4, 0.5) is 0 Å². The average Bonchev–Trinajstić information content (AvgIpc) is 3.36. The van der Waals surface area contributed by atoms with Gasteiger partial charge >= 0.3 is 0 Å². The van der Waals surface area contributed by atoms with Crippen molar-refractivity contribution in [2.45, 2.75) is 23.9 Å². The molecule has 5 rings (SSSR count). The first-order valence-electron chi connectivity index (χ1n) is 10.9. The van der Waals surface area contributed by atoms with Crippen LogP contribution >= 0.6 is 11.8 Å². The van der Waals surface area contributed by atoms with E-state index in [2.05, 4.69) is 15.5 Å². The van der Waals surface area contributed by atoms with Crippen molar-refractivity contribution in [1.29, 1.82) is 0 Å². The molecule has 170 valence electrons. The summed E-state index contributed by atoms with van der Waals surface area (Å²) in [4.78, 5) is 17.5. The van der Waals surface area contributed by atoms with Crippen LogP contribution in [0.5, 0.6) is 11.5 Å². The smallest absolute Gasteiger partial charge is 0.233 e. The Labute approximate surface area is 201 Å². The minimum absolute atomic E-state index is 0.111. The first-order chi connectivity index (χ1) is 16.7. The van der Waals surface area contributed by atoms with E-state index in [9.17, 15) is 4.79 Å². The fraction of sp³-hybridized carbons (Fsp3) is 0.154. The van der Waals surface area contributed by atoms with Crippen molar-refractivity contribution >= 4 is 17.7 Å². The van der Waals surface area contributed by atoms with E-state index in [1.807, 2.05) is 85.8 Å². The molecule has 7 nitrogen and oxygen atoms in total. The Morgan fingerprint density at radius 3 is 2.32 bits per heavy atom. The van der Waals surface area contributed by atoms with Gasteiger partial charge in [-0.05, 0) is 24.6 Å². The lowest BCUT2D eigenvalue weighted by molar-refractivity contribution is -0.120. The van der Waals surface area contributed by atoms with Crippen molar-refractivity contribution in [3.05, 3.63) is 84.4 Å².